The summed E-state index contributed by atoms with van der Waals surface area (Å²) in [5.41, 5.74) is 9.06. The van der Waals surface area contributed by atoms with Crippen LogP contribution in [-0.4, -0.2) is 10.9 Å². The van der Waals surface area contributed by atoms with Gasteiger partial charge in [0.15, 0.2) is 5.12 Å². The number of aryl methyl sites for hydroxylation is 1. The zero-order chi connectivity index (χ0) is 12.7. The largest absolute Gasteiger partial charge is 0.399 e. The second kappa shape index (κ2) is 7.17. The molecule has 0 aliphatic carbocycles. The Morgan fingerprint density at radius 2 is 2.24 bits per heavy atom. The van der Waals surface area contributed by atoms with Crippen LogP contribution in [0.15, 0.2) is 24.3 Å². The molecule has 1 aromatic carbocycles. The Morgan fingerprint density at radius 3 is 2.88 bits per heavy atom. The molecule has 2 nitrogen and oxygen atoms in total. The van der Waals surface area contributed by atoms with Crippen molar-refractivity contribution in [1.82, 2.24) is 0 Å². The van der Waals surface area contributed by atoms with E-state index in [1.165, 1.54) is 22.9 Å². The van der Waals surface area contributed by atoms with E-state index in [2.05, 4.69) is 25.1 Å². The lowest BCUT2D eigenvalue weighted by molar-refractivity contribution is -0.109. The summed E-state index contributed by atoms with van der Waals surface area (Å²) in [4.78, 5) is 10.7. The van der Waals surface area contributed by atoms with Crippen LogP contribution in [0.3, 0.4) is 0 Å². The summed E-state index contributed by atoms with van der Waals surface area (Å²) in [5, 5.41) is 0.180. The highest BCUT2D eigenvalue weighted by Crippen LogP contribution is 2.16. The molecule has 0 saturated carbocycles. The molecule has 2 N–H and O–H groups in total. The van der Waals surface area contributed by atoms with E-state index >= 15 is 0 Å². The summed E-state index contributed by atoms with van der Waals surface area (Å²) in [6, 6.07) is 6.08. The minimum Gasteiger partial charge on any atom is -0.399 e. The molecule has 0 saturated heterocycles. The second-order valence-electron chi connectivity index (χ2n) is 3.84. The van der Waals surface area contributed by atoms with Crippen LogP contribution in [0.5, 0.6) is 0 Å². The fourth-order valence-corrected chi connectivity index (χ4v) is 2.07. The fourth-order valence-electron chi connectivity index (χ4n) is 1.53. The maximum atomic E-state index is 10.7. The minimum absolute atomic E-state index is 0.180. The average molecular weight is 249 g/mol. The van der Waals surface area contributed by atoms with Crippen molar-refractivity contribution < 1.29 is 4.79 Å². The molecule has 0 atom stereocenters. The SMILES string of the molecule is CCc1cc(C=CCCSC(C)=O)ccc1N. The minimum atomic E-state index is 0.180. The molecule has 0 bridgehead atoms. The van der Waals surface area contributed by atoms with E-state index < -0.39 is 0 Å². The number of carbonyl (C=O) groups is 1. The third-order valence-corrected chi connectivity index (χ3v) is 3.29. The third-order valence-electron chi connectivity index (χ3n) is 2.45. The monoisotopic (exact) mass is 249 g/mol. The molecule has 0 radical (unpaired) electrons. The van der Waals surface area contributed by atoms with Crippen molar-refractivity contribution in [2.75, 3.05) is 11.5 Å². The number of rotatable bonds is 5. The summed E-state index contributed by atoms with van der Waals surface area (Å²) in [6.45, 7) is 3.70. The highest BCUT2D eigenvalue weighted by Gasteiger charge is 1.96. The molecule has 0 fully saturated rings. The van der Waals surface area contributed by atoms with Gasteiger partial charge in [0, 0.05) is 18.4 Å². The maximum absolute atomic E-state index is 10.7. The van der Waals surface area contributed by atoms with Gasteiger partial charge >= 0.3 is 0 Å². The van der Waals surface area contributed by atoms with Crippen molar-refractivity contribution in [3.05, 3.63) is 35.4 Å². The standard InChI is InChI=1S/C14H19NOS/c1-3-13-10-12(7-8-14(13)15)6-4-5-9-17-11(2)16/h4,6-8,10H,3,5,9,15H2,1-2H3. The lowest BCUT2D eigenvalue weighted by Crippen LogP contribution is -1.92. The first-order valence-electron chi connectivity index (χ1n) is 5.81. The van der Waals surface area contributed by atoms with Crippen LogP contribution in [0.2, 0.25) is 0 Å². The summed E-state index contributed by atoms with van der Waals surface area (Å²) in [6.07, 6.45) is 6.05. The Balaban J connectivity index is 2.50. The Hall–Kier alpha value is -1.22. The molecule has 1 aromatic rings. The fraction of sp³-hybridized carbons (Fsp3) is 0.357. The van der Waals surface area contributed by atoms with E-state index in [0.29, 0.717) is 0 Å². The summed E-state index contributed by atoms with van der Waals surface area (Å²) >= 11 is 1.37. The molecule has 0 spiro atoms. The molecular formula is C14H19NOS. The quantitative estimate of drug-likeness (QED) is 0.641. The van der Waals surface area contributed by atoms with Crippen LogP contribution in [0.1, 0.15) is 31.4 Å². The summed E-state index contributed by atoms with van der Waals surface area (Å²) in [5.74, 6) is 0.849. The van der Waals surface area contributed by atoms with E-state index in [1.54, 1.807) is 6.92 Å². The van der Waals surface area contributed by atoms with Crippen LogP contribution in [0.25, 0.3) is 6.08 Å². The molecule has 0 heterocycles. The van der Waals surface area contributed by atoms with Crippen LogP contribution >= 0.6 is 11.8 Å². The van der Waals surface area contributed by atoms with E-state index in [9.17, 15) is 4.79 Å². The van der Waals surface area contributed by atoms with Gasteiger partial charge in [-0.25, -0.2) is 0 Å². The molecule has 0 amide bonds. The van der Waals surface area contributed by atoms with Crippen molar-refractivity contribution in [2.24, 2.45) is 0 Å². The van der Waals surface area contributed by atoms with Crippen molar-refractivity contribution >= 4 is 28.6 Å². The topological polar surface area (TPSA) is 43.1 Å². The van der Waals surface area contributed by atoms with Gasteiger partial charge in [0.25, 0.3) is 0 Å². The first kappa shape index (κ1) is 13.8. The second-order valence-corrected chi connectivity index (χ2v) is 5.11. The zero-order valence-electron chi connectivity index (χ0n) is 10.4. The predicted molar refractivity (Wildman–Crippen MR) is 77.0 cm³/mol. The van der Waals surface area contributed by atoms with Gasteiger partial charge in [-0.05, 0) is 36.1 Å². The van der Waals surface area contributed by atoms with Gasteiger partial charge in [-0.2, -0.15) is 0 Å². The number of nitrogens with two attached hydrogens (primary N) is 1. The third kappa shape index (κ3) is 5.09. The average Bonchev–Trinajstić information content (AvgIpc) is 2.30. The number of nitrogen functional groups attached to an aromatic ring is 1. The zero-order valence-corrected chi connectivity index (χ0v) is 11.2. The summed E-state index contributed by atoms with van der Waals surface area (Å²) < 4.78 is 0. The normalized spacial score (nSPS) is 10.9. The van der Waals surface area contributed by atoms with Crippen molar-refractivity contribution in [1.29, 1.82) is 0 Å². The smallest absolute Gasteiger partial charge is 0.185 e. The maximum Gasteiger partial charge on any atom is 0.185 e. The van der Waals surface area contributed by atoms with E-state index in [0.717, 1.165) is 24.3 Å². The van der Waals surface area contributed by atoms with E-state index in [1.807, 2.05) is 12.1 Å². The summed E-state index contributed by atoms with van der Waals surface area (Å²) in [7, 11) is 0. The number of hydrogen-bond acceptors (Lipinski definition) is 3. The molecular weight excluding hydrogens is 230 g/mol. The molecule has 0 aliphatic heterocycles. The number of allylic oxidation sites excluding steroid dienone is 1. The van der Waals surface area contributed by atoms with Crippen LogP contribution < -0.4 is 5.73 Å². The van der Waals surface area contributed by atoms with Crippen molar-refractivity contribution in [3.8, 4) is 0 Å². The molecule has 0 unspecified atom stereocenters. The van der Waals surface area contributed by atoms with Gasteiger partial charge < -0.3 is 5.73 Å². The van der Waals surface area contributed by atoms with Crippen molar-refractivity contribution in [2.45, 2.75) is 26.7 Å². The molecule has 0 aromatic heterocycles. The van der Waals surface area contributed by atoms with Crippen LogP contribution in [-0.2, 0) is 11.2 Å². The van der Waals surface area contributed by atoms with Gasteiger partial charge in [-0.3, -0.25) is 4.79 Å². The lowest BCUT2D eigenvalue weighted by atomic mass is 10.1. The number of anilines is 1. The Kier molecular flexibility index (Phi) is 5.84. The van der Waals surface area contributed by atoms with Crippen molar-refractivity contribution in [3.63, 3.8) is 0 Å². The number of thioether (sulfide) groups is 1. The van der Waals surface area contributed by atoms with Crippen LogP contribution in [0, 0.1) is 0 Å². The van der Waals surface area contributed by atoms with Gasteiger partial charge in [-0.15, -0.1) is 0 Å². The van der Waals surface area contributed by atoms with Gasteiger partial charge in [0.2, 0.25) is 0 Å². The highest BCUT2D eigenvalue weighted by molar-refractivity contribution is 8.13. The van der Waals surface area contributed by atoms with Crippen LogP contribution in [0.4, 0.5) is 5.69 Å². The Labute approximate surface area is 107 Å². The predicted octanol–water partition coefficient (Wildman–Crippen LogP) is 3.51. The first-order chi connectivity index (χ1) is 8.13. The number of carbonyl (C=O) groups excluding carboxylic acids is 1. The first-order valence-corrected chi connectivity index (χ1v) is 6.80. The molecule has 17 heavy (non-hydrogen) atoms. The van der Waals surface area contributed by atoms with Gasteiger partial charge in [-0.1, -0.05) is 36.9 Å². The molecule has 92 valence electrons. The van der Waals surface area contributed by atoms with E-state index in [-0.39, 0.29) is 5.12 Å². The van der Waals surface area contributed by atoms with Gasteiger partial charge in [0.1, 0.15) is 0 Å². The Bertz CT molecular complexity index is 413. The van der Waals surface area contributed by atoms with Gasteiger partial charge in [0.05, 0.1) is 0 Å². The lowest BCUT2D eigenvalue weighted by Gasteiger charge is -2.03. The molecule has 1 rings (SSSR count). The highest BCUT2D eigenvalue weighted by atomic mass is 32.2. The number of hydrogen-bond donors (Lipinski definition) is 1. The molecule has 0 aliphatic rings. The Morgan fingerprint density at radius 1 is 1.47 bits per heavy atom. The number of benzene rings is 1. The molecule has 3 heteroatoms. The van der Waals surface area contributed by atoms with E-state index in [4.69, 9.17) is 5.73 Å².